The highest BCUT2D eigenvalue weighted by Gasteiger charge is 2.01. The van der Waals surface area contributed by atoms with Crippen LogP contribution in [-0.2, 0) is 6.54 Å². The minimum absolute atomic E-state index is 0.989. The molecule has 1 aliphatic rings. The molecule has 1 aromatic rings. The first-order valence-electron chi connectivity index (χ1n) is 6.49. The van der Waals surface area contributed by atoms with Crippen LogP contribution in [-0.4, -0.2) is 13.1 Å². The fraction of sp³-hybridized carbons (Fsp3) is 0.571. The van der Waals surface area contributed by atoms with Gasteiger partial charge in [0.25, 0.3) is 0 Å². The van der Waals surface area contributed by atoms with Crippen LogP contribution in [0.1, 0.15) is 37.7 Å². The Morgan fingerprint density at radius 3 is 2.50 bits per heavy atom. The van der Waals surface area contributed by atoms with Gasteiger partial charge in [-0.25, -0.2) is 0 Å². The molecule has 0 spiro atoms. The number of hydrogen-bond acceptors (Lipinski definition) is 2. The van der Waals surface area contributed by atoms with Crippen molar-refractivity contribution in [2.45, 2.75) is 38.6 Å². The molecule has 0 bridgehead atoms. The van der Waals surface area contributed by atoms with Crippen molar-refractivity contribution in [3.8, 4) is 0 Å². The number of rotatable bonds is 0. The summed E-state index contributed by atoms with van der Waals surface area (Å²) in [7, 11) is 0. The molecule has 1 aromatic carbocycles. The van der Waals surface area contributed by atoms with Crippen molar-refractivity contribution in [2.24, 2.45) is 0 Å². The molecular weight excluding hydrogens is 196 g/mol. The van der Waals surface area contributed by atoms with Crippen LogP contribution in [0.25, 0.3) is 0 Å². The summed E-state index contributed by atoms with van der Waals surface area (Å²) in [4.78, 5) is 0. The molecule has 0 aliphatic carbocycles. The van der Waals surface area contributed by atoms with Gasteiger partial charge in [0.15, 0.2) is 0 Å². The monoisotopic (exact) mass is 218 g/mol. The Labute approximate surface area is 98.4 Å². The Kier molecular flexibility index (Phi) is 4.69. The van der Waals surface area contributed by atoms with E-state index in [9.17, 15) is 0 Å². The lowest BCUT2D eigenvalue weighted by atomic mass is 10.1. The van der Waals surface area contributed by atoms with Crippen LogP contribution in [0.4, 0.5) is 5.69 Å². The molecule has 0 unspecified atom stereocenters. The summed E-state index contributed by atoms with van der Waals surface area (Å²) < 4.78 is 0. The van der Waals surface area contributed by atoms with E-state index in [-0.39, 0.29) is 0 Å². The van der Waals surface area contributed by atoms with Crippen LogP contribution >= 0.6 is 0 Å². The Morgan fingerprint density at radius 1 is 0.812 bits per heavy atom. The number of anilines is 1. The normalized spacial score (nSPS) is 18.8. The zero-order valence-electron chi connectivity index (χ0n) is 9.97. The standard InChI is InChI=1S/C14H22N2/c1-2-6-10-15-12-13-8-4-5-9-14(13)16-11-7-3-1/h4-5,8-9,15-16H,1-3,6-7,10-12H2. The van der Waals surface area contributed by atoms with Gasteiger partial charge in [-0.2, -0.15) is 0 Å². The molecule has 0 fully saturated rings. The van der Waals surface area contributed by atoms with Crippen molar-refractivity contribution in [3.05, 3.63) is 29.8 Å². The maximum atomic E-state index is 3.54. The van der Waals surface area contributed by atoms with Gasteiger partial charge in [-0.05, 0) is 31.0 Å². The maximum absolute atomic E-state index is 3.54. The lowest BCUT2D eigenvalue weighted by Gasteiger charge is -2.14. The SMILES string of the molecule is c1ccc2c(c1)CNCCCCCCCN2. The van der Waals surface area contributed by atoms with E-state index in [4.69, 9.17) is 0 Å². The van der Waals surface area contributed by atoms with Crippen LogP contribution in [0.3, 0.4) is 0 Å². The molecule has 1 aliphatic heterocycles. The molecule has 2 N–H and O–H groups in total. The molecule has 2 heteroatoms. The number of fused-ring (bicyclic) bond motifs is 1. The first-order chi connectivity index (χ1) is 7.97. The van der Waals surface area contributed by atoms with Crippen LogP contribution in [0, 0.1) is 0 Å². The van der Waals surface area contributed by atoms with E-state index in [1.807, 2.05) is 0 Å². The summed E-state index contributed by atoms with van der Waals surface area (Å²) in [5, 5.41) is 7.06. The summed E-state index contributed by atoms with van der Waals surface area (Å²) in [6.07, 6.45) is 6.71. The van der Waals surface area contributed by atoms with E-state index in [2.05, 4.69) is 34.9 Å². The third-order valence-electron chi connectivity index (χ3n) is 3.18. The van der Waals surface area contributed by atoms with Gasteiger partial charge in [0, 0.05) is 18.8 Å². The average Bonchev–Trinajstić information content (AvgIpc) is 2.30. The second-order valence-electron chi connectivity index (χ2n) is 4.53. The molecule has 0 aromatic heterocycles. The van der Waals surface area contributed by atoms with Crippen LogP contribution < -0.4 is 10.6 Å². The van der Waals surface area contributed by atoms with E-state index < -0.39 is 0 Å². The van der Waals surface area contributed by atoms with Gasteiger partial charge in [-0.15, -0.1) is 0 Å². The van der Waals surface area contributed by atoms with Gasteiger partial charge in [0.1, 0.15) is 0 Å². The minimum Gasteiger partial charge on any atom is -0.385 e. The highest BCUT2D eigenvalue weighted by atomic mass is 14.9. The van der Waals surface area contributed by atoms with Gasteiger partial charge in [-0.3, -0.25) is 0 Å². The van der Waals surface area contributed by atoms with Gasteiger partial charge in [0.05, 0.1) is 0 Å². The van der Waals surface area contributed by atoms with Gasteiger partial charge >= 0.3 is 0 Å². The summed E-state index contributed by atoms with van der Waals surface area (Å²) in [5.74, 6) is 0. The van der Waals surface area contributed by atoms with Crippen LogP contribution in [0.15, 0.2) is 24.3 Å². The molecule has 0 saturated carbocycles. The summed E-state index contributed by atoms with van der Waals surface area (Å²) in [5.41, 5.74) is 2.69. The van der Waals surface area contributed by atoms with Crippen molar-refractivity contribution in [1.82, 2.24) is 5.32 Å². The van der Waals surface area contributed by atoms with Crippen molar-refractivity contribution in [3.63, 3.8) is 0 Å². The molecule has 0 atom stereocenters. The molecule has 2 rings (SSSR count). The highest BCUT2D eigenvalue weighted by Crippen LogP contribution is 2.15. The number of hydrogen-bond donors (Lipinski definition) is 2. The Bertz CT molecular complexity index is 278. The molecule has 0 amide bonds. The fourth-order valence-electron chi connectivity index (χ4n) is 2.20. The van der Waals surface area contributed by atoms with Gasteiger partial charge < -0.3 is 10.6 Å². The minimum atomic E-state index is 0.989. The third-order valence-corrected chi connectivity index (χ3v) is 3.18. The second kappa shape index (κ2) is 6.54. The number of nitrogens with one attached hydrogen (secondary N) is 2. The predicted octanol–water partition coefficient (Wildman–Crippen LogP) is 3.15. The Balaban J connectivity index is 1.99. The largest absolute Gasteiger partial charge is 0.385 e. The average molecular weight is 218 g/mol. The first kappa shape index (κ1) is 11.5. The second-order valence-corrected chi connectivity index (χ2v) is 4.53. The van der Waals surface area contributed by atoms with Crippen LogP contribution in [0.5, 0.6) is 0 Å². The summed E-state index contributed by atoms with van der Waals surface area (Å²) in [6.45, 7) is 3.24. The highest BCUT2D eigenvalue weighted by molar-refractivity contribution is 5.50. The first-order valence-corrected chi connectivity index (χ1v) is 6.49. The Hall–Kier alpha value is -1.02. The number of para-hydroxylation sites is 1. The number of benzene rings is 1. The molecule has 0 radical (unpaired) electrons. The maximum Gasteiger partial charge on any atom is 0.0385 e. The predicted molar refractivity (Wildman–Crippen MR) is 69.7 cm³/mol. The zero-order valence-corrected chi connectivity index (χ0v) is 9.97. The van der Waals surface area contributed by atoms with Crippen molar-refractivity contribution in [1.29, 1.82) is 0 Å². The molecule has 16 heavy (non-hydrogen) atoms. The van der Waals surface area contributed by atoms with E-state index in [0.717, 1.165) is 19.6 Å². The van der Waals surface area contributed by atoms with E-state index >= 15 is 0 Å². The summed E-state index contributed by atoms with van der Waals surface area (Å²) >= 11 is 0. The van der Waals surface area contributed by atoms with Crippen molar-refractivity contribution < 1.29 is 0 Å². The zero-order chi connectivity index (χ0) is 11.1. The van der Waals surface area contributed by atoms with Gasteiger partial charge in [-0.1, -0.05) is 37.5 Å². The molecule has 88 valence electrons. The molecule has 2 nitrogen and oxygen atoms in total. The fourth-order valence-corrected chi connectivity index (χ4v) is 2.20. The van der Waals surface area contributed by atoms with Crippen LogP contribution in [0.2, 0.25) is 0 Å². The van der Waals surface area contributed by atoms with E-state index in [1.54, 1.807) is 0 Å². The van der Waals surface area contributed by atoms with E-state index in [0.29, 0.717) is 0 Å². The smallest absolute Gasteiger partial charge is 0.0385 e. The Morgan fingerprint density at radius 2 is 1.56 bits per heavy atom. The summed E-state index contributed by atoms with van der Waals surface area (Å²) in [6, 6.07) is 8.62. The molecular formula is C14H22N2. The lowest BCUT2D eigenvalue weighted by Crippen LogP contribution is -2.17. The molecule has 0 saturated heterocycles. The third kappa shape index (κ3) is 3.53. The molecule has 1 heterocycles. The quantitative estimate of drug-likeness (QED) is 0.699. The van der Waals surface area contributed by atoms with Crippen molar-refractivity contribution in [2.75, 3.05) is 18.4 Å². The topological polar surface area (TPSA) is 24.1 Å². The van der Waals surface area contributed by atoms with Gasteiger partial charge in [0.2, 0.25) is 0 Å². The lowest BCUT2D eigenvalue weighted by molar-refractivity contribution is 0.576. The van der Waals surface area contributed by atoms with Crippen molar-refractivity contribution >= 4 is 5.69 Å². The van der Waals surface area contributed by atoms with E-state index in [1.165, 1.54) is 43.4 Å².